The summed E-state index contributed by atoms with van der Waals surface area (Å²) >= 11 is 0. The lowest BCUT2D eigenvalue weighted by Crippen LogP contribution is -2.38. The van der Waals surface area contributed by atoms with Gasteiger partial charge in [0.1, 0.15) is 0 Å². The van der Waals surface area contributed by atoms with Gasteiger partial charge in [-0.2, -0.15) is 0 Å². The van der Waals surface area contributed by atoms with Crippen LogP contribution in [0.1, 0.15) is 12.8 Å². The highest BCUT2D eigenvalue weighted by molar-refractivity contribution is 5.81. The van der Waals surface area contributed by atoms with Crippen LogP contribution in [0.25, 0.3) is 0 Å². The molecule has 2 amide bonds. The normalized spacial score (nSPS) is 30.3. The predicted octanol–water partition coefficient (Wildman–Crippen LogP) is -0.764. The lowest BCUT2D eigenvalue weighted by atomic mass is 10.1. The molecule has 6 heteroatoms. The highest BCUT2D eigenvalue weighted by Gasteiger charge is 2.40. The number of amides is 2. The molecule has 0 aromatic rings. The van der Waals surface area contributed by atoms with Crippen LogP contribution in [-0.2, 0) is 4.79 Å². The van der Waals surface area contributed by atoms with Crippen LogP contribution in [0.15, 0.2) is 0 Å². The molecular formula is C9H14N2O4. The highest BCUT2D eigenvalue weighted by atomic mass is 16.4. The molecule has 3 N–H and O–H groups in total. The molecule has 15 heavy (non-hydrogen) atoms. The second-order valence-electron chi connectivity index (χ2n) is 4.14. The second kappa shape index (κ2) is 3.69. The molecule has 2 fully saturated rings. The lowest BCUT2D eigenvalue weighted by molar-refractivity contribution is -0.127. The molecule has 0 bridgehead atoms. The van der Waals surface area contributed by atoms with Crippen LogP contribution in [0.5, 0.6) is 0 Å². The van der Waals surface area contributed by atoms with E-state index in [1.165, 1.54) is 0 Å². The smallest absolute Gasteiger partial charge is 0.407 e. The number of aliphatic hydroxyl groups is 1. The molecule has 0 unspecified atom stereocenters. The molecule has 0 spiro atoms. The van der Waals surface area contributed by atoms with Gasteiger partial charge >= 0.3 is 6.09 Å². The van der Waals surface area contributed by atoms with Crippen LogP contribution in [-0.4, -0.2) is 52.3 Å². The van der Waals surface area contributed by atoms with E-state index >= 15 is 0 Å². The van der Waals surface area contributed by atoms with Gasteiger partial charge in [-0.3, -0.25) is 4.79 Å². The highest BCUT2D eigenvalue weighted by Crippen LogP contribution is 2.22. The molecule has 2 atom stereocenters. The summed E-state index contributed by atoms with van der Waals surface area (Å²) in [6, 6.07) is 0.239. The minimum atomic E-state index is -1.09. The molecule has 1 aliphatic carbocycles. The Hall–Kier alpha value is -1.30. The van der Waals surface area contributed by atoms with E-state index in [1.807, 2.05) is 0 Å². The van der Waals surface area contributed by atoms with E-state index in [0.29, 0.717) is 0 Å². The molecule has 1 saturated carbocycles. The van der Waals surface area contributed by atoms with Crippen LogP contribution >= 0.6 is 0 Å². The van der Waals surface area contributed by atoms with E-state index in [1.54, 1.807) is 0 Å². The summed E-state index contributed by atoms with van der Waals surface area (Å²) in [5, 5.41) is 21.0. The van der Waals surface area contributed by atoms with Crippen molar-refractivity contribution in [3.63, 3.8) is 0 Å². The van der Waals surface area contributed by atoms with E-state index in [2.05, 4.69) is 5.32 Å². The fraction of sp³-hybridized carbons (Fsp3) is 0.778. The molecule has 1 heterocycles. The van der Waals surface area contributed by atoms with Crippen molar-refractivity contribution in [1.29, 1.82) is 0 Å². The molecule has 0 radical (unpaired) electrons. The first-order chi connectivity index (χ1) is 7.08. The zero-order valence-electron chi connectivity index (χ0n) is 8.22. The lowest BCUT2D eigenvalue weighted by Gasteiger charge is -2.12. The summed E-state index contributed by atoms with van der Waals surface area (Å²) in [4.78, 5) is 23.3. The number of likely N-dealkylation sites (tertiary alicyclic amines) is 1. The van der Waals surface area contributed by atoms with Crippen LogP contribution < -0.4 is 5.32 Å². The maximum absolute atomic E-state index is 11.6. The van der Waals surface area contributed by atoms with Gasteiger partial charge in [-0.1, -0.05) is 0 Å². The maximum atomic E-state index is 11.6. The monoisotopic (exact) mass is 214 g/mol. The van der Waals surface area contributed by atoms with Gasteiger partial charge in [0.05, 0.1) is 18.6 Å². The van der Waals surface area contributed by atoms with Gasteiger partial charge in [-0.25, -0.2) is 4.79 Å². The fourth-order valence-electron chi connectivity index (χ4n) is 1.74. The number of β-amino-alcohol motifs (C(OH)–C–C–N with tert-alkyl or cyclic N) is 1. The molecule has 6 nitrogen and oxygen atoms in total. The van der Waals surface area contributed by atoms with E-state index < -0.39 is 18.1 Å². The summed E-state index contributed by atoms with van der Waals surface area (Å²) < 4.78 is 0. The molecule has 2 aliphatic rings. The van der Waals surface area contributed by atoms with Gasteiger partial charge in [0, 0.05) is 12.6 Å². The summed E-state index contributed by atoms with van der Waals surface area (Å²) in [5.41, 5.74) is 0. The number of hydrogen-bond donors (Lipinski definition) is 3. The Morgan fingerprint density at radius 2 is 1.93 bits per heavy atom. The molecule has 0 aromatic heterocycles. The van der Waals surface area contributed by atoms with E-state index in [0.717, 1.165) is 17.7 Å². The molecule has 84 valence electrons. The van der Waals surface area contributed by atoms with Gasteiger partial charge in [0.25, 0.3) is 0 Å². The predicted molar refractivity (Wildman–Crippen MR) is 50.3 cm³/mol. The van der Waals surface area contributed by atoms with E-state index in [-0.39, 0.29) is 25.0 Å². The summed E-state index contributed by atoms with van der Waals surface area (Å²) in [6.07, 6.45) is 0.00428. The number of nitrogens with one attached hydrogen (secondary N) is 1. The van der Waals surface area contributed by atoms with Crippen LogP contribution in [0.3, 0.4) is 0 Å². The van der Waals surface area contributed by atoms with Crippen molar-refractivity contribution < 1.29 is 19.8 Å². The number of carbonyl (C=O) groups excluding carboxylic acids is 1. The van der Waals surface area contributed by atoms with Gasteiger partial charge in [-0.15, -0.1) is 0 Å². The number of hydrogen-bond acceptors (Lipinski definition) is 3. The first kappa shape index (κ1) is 10.2. The average molecular weight is 214 g/mol. The Labute approximate surface area is 86.9 Å². The molecule has 2 rings (SSSR count). The Bertz CT molecular complexity index is 290. The first-order valence-corrected chi connectivity index (χ1v) is 5.04. The summed E-state index contributed by atoms with van der Waals surface area (Å²) in [5.74, 6) is -0.838. The van der Waals surface area contributed by atoms with Crippen molar-refractivity contribution in [3.05, 3.63) is 0 Å². The van der Waals surface area contributed by atoms with Gasteiger partial charge in [0.15, 0.2) is 0 Å². The Balaban J connectivity index is 1.91. The van der Waals surface area contributed by atoms with Gasteiger partial charge in [-0.05, 0) is 12.8 Å². The van der Waals surface area contributed by atoms with Crippen molar-refractivity contribution in [3.8, 4) is 0 Å². The zero-order chi connectivity index (χ0) is 11.0. The van der Waals surface area contributed by atoms with Gasteiger partial charge < -0.3 is 20.4 Å². The third kappa shape index (κ3) is 2.20. The number of nitrogens with zero attached hydrogens (tertiary/aromatic N) is 1. The summed E-state index contributed by atoms with van der Waals surface area (Å²) in [7, 11) is 0. The largest absolute Gasteiger partial charge is 0.465 e. The number of rotatable bonds is 2. The Kier molecular flexibility index (Phi) is 2.52. The van der Waals surface area contributed by atoms with E-state index in [9.17, 15) is 14.7 Å². The maximum Gasteiger partial charge on any atom is 0.407 e. The zero-order valence-corrected chi connectivity index (χ0v) is 8.22. The van der Waals surface area contributed by atoms with Crippen molar-refractivity contribution in [2.45, 2.75) is 25.0 Å². The Morgan fingerprint density at radius 3 is 2.40 bits per heavy atom. The third-order valence-electron chi connectivity index (χ3n) is 2.82. The molecule has 0 aromatic carbocycles. The first-order valence-electron chi connectivity index (χ1n) is 5.04. The van der Waals surface area contributed by atoms with Crippen molar-refractivity contribution in [2.24, 2.45) is 5.92 Å². The van der Waals surface area contributed by atoms with E-state index in [4.69, 9.17) is 5.11 Å². The Morgan fingerprint density at radius 1 is 1.27 bits per heavy atom. The number of carboxylic acid groups (broad SMARTS) is 1. The average Bonchev–Trinajstić information content (AvgIpc) is 2.86. The standard InChI is InChI=1S/C9H14N2O4/c12-7-4-11(9(14)15)3-6(7)8(13)10-5-1-2-5/h5-7,12H,1-4H2,(H,10,13)(H,14,15)/t6-,7-/m0/s1. The minimum absolute atomic E-state index is 0.0259. The third-order valence-corrected chi connectivity index (χ3v) is 2.82. The quantitative estimate of drug-likeness (QED) is 0.563. The van der Waals surface area contributed by atoms with Crippen LogP contribution in [0, 0.1) is 5.92 Å². The van der Waals surface area contributed by atoms with Gasteiger partial charge in [0.2, 0.25) is 5.91 Å². The number of aliphatic hydroxyl groups excluding tert-OH is 1. The molecule has 1 saturated heterocycles. The van der Waals surface area contributed by atoms with Crippen LogP contribution in [0.4, 0.5) is 4.79 Å². The number of carbonyl (C=O) groups is 2. The second-order valence-corrected chi connectivity index (χ2v) is 4.14. The van der Waals surface area contributed by atoms with Crippen molar-refractivity contribution >= 4 is 12.0 Å². The van der Waals surface area contributed by atoms with Crippen molar-refractivity contribution in [1.82, 2.24) is 10.2 Å². The fourth-order valence-corrected chi connectivity index (χ4v) is 1.74. The van der Waals surface area contributed by atoms with Crippen LogP contribution in [0.2, 0.25) is 0 Å². The minimum Gasteiger partial charge on any atom is -0.465 e. The summed E-state index contributed by atoms with van der Waals surface area (Å²) in [6.45, 7) is 0.118. The molecule has 1 aliphatic heterocycles. The SMILES string of the molecule is O=C(NC1CC1)[C@H]1CN(C(=O)O)C[C@@H]1O. The topological polar surface area (TPSA) is 89.9 Å². The molecular weight excluding hydrogens is 200 g/mol. The van der Waals surface area contributed by atoms with Crippen molar-refractivity contribution in [2.75, 3.05) is 13.1 Å².